The number of rotatable bonds is 3. The summed E-state index contributed by atoms with van der Waals surface area (Å²) >= 11 is 0. The van der Waals surface area contributed by atoms with E-state index < -0.39 is 10.1 Å². The largest absolute Gasteiger partial charge is 0.356 e. The second-order valence-electron chi connectivity index (χ2n) is 6.92. The second kappa shape index (κ2) is 5.59. The van der Waals surface area contributed by atoms with Crippen molar-refractivity contribution in [3.63, 3.8) is 0 Å². The molecule has 122 valence electrons. The molecule has 1 N–H and O–H groups in total. The first-order valence-electron chi connectivity index (χ1n) is 7.33. The van der Waals surface area contributed by atoms with Crippen LogP contribution in [0.4, 0.5) is 5.69 Å². The maximum Gasteiger partial charge on any atom is 0.296 e. The Hall–Kier alpha value is -1.53. The molecule has 0 unspecified atom stereocenters. The van der Waals surface area contributed by atoms with Crippen molar-refractivity contribution in [2.75, 3.05) is 11.6 Å². The fraction of sp³-hybridized carbons (Fsp3) is 0.500. The molecule has 1 aromatic carbocycles. The molecule has 0 amide bonds. The Balaban J connectivity index is 2.47. The van der Waals surface area contributed by atoms with Gasteiger partial charge in [0.2, 0.25) is 0 Å². The van der Waals surface area contributed by atoms with Gasteiger partial charge in [0.25, 0.3) is 10.1 Å². The Morgan fingerprint density at radius 1 is 1.18 bits per heavy atom. The van der Waals surface area contributed by atoms with Crippen LogP contribution in [-0.2, 0) is 15.5 Å². The highest BCUT2D eigenvalue weighted by Gasteiger charge is 2.25. The fourth-order valence-electron chi connectivity index (χ4n) is 2.35. The third kappa shape index (κ3) is 3.44. The van der Waals surface area contributed by atoms with Crippen LogP contribution in [0.5, 0.6) is 0 Å². The monoisotopic (exact) mass is 324 g/mol. The molecule has 1 aliphatic heterocycles. The molecule has 0 fully saturated rings. The molecule has 0 saturated carbocycles. The van der Waals surface area contributed by atoms with Crippen molar-refractivity contribution < 1.29 is 13.0 Å². The average Bonchev–Trinajstić information content (AvgIpc) is 2.85. The molecule has 0 aliphatic carbocycles. The lowest BCUT2D eigenvalue weighted by atomic mass is 9.87. The summed E-state index contributed by atoms with van der Waals surface area (Å²) in [4.78, 5) is 3.87. The molecule has 1 aromatic rings. The van der Waals surface area contributed by atoms with E-state index >= 15 is 0 Å². The van der Waals surface area contributed by atoms with Gasteiger partial charge in [-0.1, -0.05) is 26.8 Å². The Labute approximate surface area is 133 Å². The standard InChI is InChI=1S/C16H24N2O3S/c1-12(2)17-8-9-18(11-17)14-7-6-13(16(3,4)5)10-15(14)22(19,20)21/h6-10,12H,11H2,1-5H3,(H,19,20,21). The molecule has 5 nitrogen and oxygen atoms in total. The van der Waals surface area contributed by atoms with Gasteiger partial charge in [-0.2, -0.15) is 8.42 Å². The number of benzene rings is 1. The van der Waals surface area contributed by atoms with E-state index in [2.05, 4.69) is 18.7 Å². The Kier molecular flexibility index (Phi) is 4.28. The first-order chi connectivity index (χ1) is 10.00. The van der Waals surface area contributed by atoms with Crippen molar-refractivity contribution in [1.29, 1.82) is 0 Å². The van der Waals surface area contributed by atoms with Crippen molar-refractivity contribution in [2.45, 2.75) is 51.0 Å². The van der Waals surface area contributed by atoms with Gasteiger partial charge in [-0.05, 0) is 37.0 Å². The highest BCUT2D eigenvalue weighted by Crippen LogP contribution is 2.33. The lowest BCUT2D eigenvalue weighted by Gasteiger charge is -2.26. The van der Waals surface area contributed by atoms with Gasteiger partial charge in [-0.15, -0.1) is 0 Å². The highest BCUT2D eigenvalue weighted by atomic mass is 32.2. The lowest BCUT2D eigenvalue weighted by molar-refractivity contribution is 0.336. The highest BCUT2D eigenvalue weighted by molar-refractivity contribution is 7.86. The summed E-state index contributed by atoms with van der Waals surface area (Å²) in [7, 11) is -4.29. The summed E-state index contributed by atoms with van der Waals surface area (Å²) in [6.45, 7) is 10.7. The quantitative estimate of drug-likeness (QED) is 0.865. The molecule has 0 bridgehead atoms. The van der Waals surface area contributed by atoms with Crippen LogP contribution < -0.4 is 4.90 Å². The summed E-state index contributed by atoms with van der Waals surface area (Å²) in [5.74, 6) is 0. The minimum atomic E-state index is -4.29. The normalized spacial score (nSPS) is 16.0. The van der Waals surface area contributed by atoms with Gasteiger partial charge < -0.3 is 9.80 Å². The van der Waals surface area contributed by atoms with Crippen molar-refractivity contribution >= 4 is 15.8 Å². The van der Waals surface area contributed by atoms with Crippen molar-refractivity contribution in [3.8, 4) is 0 Å². The molecular formula is C16H24N2O3S. The van der Waals surface area contributed by atoms with Crippen LogP contribution in [0, 0.1) is 0 Å². The molecule has 0 saturated heterocycles. The summed E-state index contributed by atoms with van der Waals surface area (Å²) in [6.07, 6.45) is 3.76. The van der Waals surface area contributed by atoms with Gasteiger partial charge in [-0.3, -0.25) is 4.55 Å². The van der Waals surface area contributed by atoms with E-state index in [-0.39, 0.29) is 10.3 Å². The van der Waals surface area contributed by atoms with E-state index in [9.17, 15) is 13.0 Å². The zero-order valence-corrected chi connectivity index (χ0v) is 14.6. The van der Waals surface area contributed by atoms with Crippen LogP contribution in [0.3, 0.4) is 0 Å². The van der Waals surface area contributed by atoms with E-state index in [1.807, 2.05) is 44.1 Å². The average molecular weight is 324 g/mol. The molecule has 2 rings (SSSR count). The number of hydrogen-bond acceptors (Lipinski definition) is 4. The van der Waals surface area contributed by atoms with Gasteiger partial charge in [0.15, 0.2) is 0 Å². The first-order valence-corrected chi connectivity index (χ1v) is 8.77. The number of nitrogens with zero attached hydrogens (tertiary/aromatic N) is 2. The molecule has 0 atom stereocenters. The van der Waals surface area contributed by atoms with Crippen molar-refractivity contribution in [3.05, 3.63) is 36.2 Å². The van der Waals surface area contributed by atoms with E-state index in [1.165, 1.54) is 0 Å². The maximum atomic E-state index is 11.8. The molecule has 0 spiro atoms. The number of anilines is 1. The van der Waals surface area contributed by atoms with Gasteiger partial charge in [0.1, 0.15) is 4.90 Å². The van der Waals surface area contributed by atoms with Gasteiger partial charge in [-0.25, -0.2) is 0 Å². The van der Waals surface area contributed by atoms with Gasteiger partial charge in [0, 0.05) is 18.4 Å². The minimum absolute atomic E-state index is 0.0461. The molecule has 0 aromatic heterocycles. The third-order valence-electron chi connectivity index (χ3n) is 3.83. The van der Waals surface area contributed by atoms with Crippen molar-refractivity contribution in [2.24, 2.45) is 0 Å². The second-order valence-corrected chi connectivity index (χ2v) is 8.31. The van der Waals surface area contributed by atoms with Crippen LogP contribution in [0.2, 0.25) is 0 Å². The summed E-state index contributed by atoms with van der Waals surface area (Å²) in [5.41, 5.74) is 1.17. The summed E-state index contributed by atoms with van der Waals surface area (Å²) < 4.78 is 33.2. The van der Waals surface area contributed by atoms with Crippen LogP contribution in [-0.4, -0.2) is 30.6 Å². The molecule has 22 heavy (non-hydrogen) atoms. The lowest BCUT2D eigenvalue weighted by Crippen LogP contribution is -2.30. The predicted octanol–water partition coefficient (Wildman–Crippen LogP) is 3.19. The van der Waals surface area contributed by atoms with E-state index in [1.54, 1.807) is 12.1 Å². The van der Waals surface area contributed by atoms with Crippen molar-refractivity contribution in [1.82, 2.24) is 4.90 Å². The van der Waals surface area contributed by atoms with Crippen LogP contribution in [0.25, 0.3) is 0 Å². The van der Waals surface area contributed by atoms with Gasteiger partial charge >= 0.3 is 0 Å². The third-order valence-corrected chi connectivity index (χ3v) is 4.71. The molecule has 1 aliphatic rings. The van der Waals surface area contributed by atoms with E-state index in [4.69, 9.17) is 0 Å². The van der Waals surface area contributed by atoms with Crippen LogP contribution >= 0.6 is 0 Å². The van der Waals surface area contributed by atoms with Crippen LogP contribution in [0.1, 0.15) is 40.2 Å². The summed E-state index contributed by atoms with van der Waals surface area (Å²) in [5, 5.41) is 0. The predicted molar refractivity (Wildman–Crippen MR) is 88.4 cm³/mol. The Morgan fingerprint density at radius 2 is 1.82 bits per heavy atom. The fourth-order valence-corrected chi connectivity index (χ4v) is 3.08. The topological polar surface area (TPSA) is 60.9 Å². The molecule has 0 radical (unpaired) electrons. The smallest absolute Gasteiger partial charge is 0.296 e. The summed E-state index contributed by atoms with van der Waals surface area (Å²) in [6, 6.07) is 5.56. The SMILES string of the molecule is CC(C)N1C=CN(c2ccc(C(C)(C)C)cc2S(=O)(=O)O)C1. The van der Waals surface area contributed by atoms with E-state index in [0.717, 1.165) is 5.56 Å². The van der Waals surface area contributed by atoms with Gasteiger partial charge in [0.05, 0.1) is 12.4 Å². The van der Waals surface area contributed by atoms with E-state index in [0.29, 0.717) is 18.4 Å². The maximum absolute atomic E-state index is 11.8. The Morgan fingerprint density at radius 3 is 2.27 bits per heavy atom. The minimum Gasteiger partial charge on any atom is -0.356 e. The molecule has 1 heterocycles. The number of hydrogen-bond donors (Lipinski definition) is 1. The molecule has 6 heteroatoms. The van der Waals surface area contributed by atoms with Crippen LogP contribution in [0.15, 0.2) is 35.5 Å². The molecular weight excluding hydrogens is 300 g/mol. The zero-order valence-electron chi connectivity index (χ0n) is 13.7. The Bertz CT molecular complexity index is 688. The first kappa shape index (κ1) is 16.8. The zero-order chi connectivity index (χ0) is 16.7.